The molecule has 1 aliphatic rings. The van der Waals surface area contributed by atoms with E-state index in [9.17, 15) is 4.79 Å². The highest BCUT2D eigenvalue weighted by atomic mass is 16.1. The van der Waals surface area contributed by atoms with Gasteiger partial charge in [-0.1, -0.05) is 0 Å². The molecule has 0 atom stereocenters. The molecule has 0 amide bonds. The van der Waals surface area contributed by atoms with Gasteiger partial charge in [0.2, 0.25) is 0 Å². The van der Waals surface area contributed by atoms with Crippen molar-refractivity contribution in [2.45, 2.75) is 6.92 Å². The third-order valence-electron chi connectivity index (χ3n) is 1.08. The van der Waals surface area contributed by atoms with E-state index < -0.39 is 0 Å². The van der Waals surface area contributed by atoms with Crippen molar-refractivity contribution in [3.8, 4) is 0 Å². The van der Waals surface area contributed by atoms with E-state index in [0.29, 0.717) is 6.17 Å². The smallest absolute Gasteiger partial charge is 0.168 e. The van der Waals surface area contributed by atoms with Crippen LogP contribution in [-0.2, 0) is 4.79 Å². The van der Waals surface area contributed by atoms with E-state index in [4.69, 9.17) is 0 Å². The summed E-state index contributed by atoms with van der Waals surface area (Å²) >= 11 is 0. The van der Waals surface area contributed by atoms with E-state index in [1.54, 1.807) is 6.92 Å². The first-order valence-electron chi connectivity index (χ1n) is 2.66. The monoisotopic (exact) mass is 113 g/mol. The molecule has 1 heterocycles. The van der Waals surface area contributed by atoms with Crippen molar-refractivity contribution in [2.24, 2.45) is 0 Å². The predicted molar refractivity (Wildman–Crippen MR) is 29.9 cm³/mol. The van der Waals surface area contributed by atoms with Gasteiger partial charge >= 0.3 is 0 Å². The van der Waals surface area contributed by atoms with Gasteiger partial charge in [-0.3, -0.25) is 15.4 Å². The second-order valence-electron chi connectivity index (χ2n) is 1.78. The summed E-state index contributed by atoms with van der Waals surface area (Å²) in [5, 5.41) is 5.82. The average Bonchev–Trinajstić information content (AvgIpc) is 2.12. The quantitative estimate of drug-likeness (QED) is 0.470. The first kappa shape index (κ1) is 5.72. The van der Waals surface area contributed by atoms with E-state index in [2.05, 4.69) is 10.6 Å². The maximum absolute atomic E-state index is 10.5. The van der Waals surface area contributed by atoms with Gasteiger partial charge in [-0.25, -0.2) is 0 Å². The number of rotatable bonds is 1. The number of carbonyl (C=O) groups is 1. The minimum absolute atomic E-state index is 0.0856. The molecule has 3 heteroatoms. The van der Waals surface area contributed by atoms with Crippen LogP contribution in [-0.4, -0.2) is 18.9 Å². The Bertz CT molecular complexity index is 96.6. The summed E-state index contributed by atoms with van der Waals surface area (Å²) in [5.74, 6) is 0.0856. The second kappa shape index (κ2) is 2.24. The molecule has 0 bridgehead atoms. The van der Waals surface area contributed by atoms with Gasteiger partial charge in [-0.15, -0.1) is 0 Å². The van der Waals surface area contributed by atoms with E-state index in [-0.39, 0.29) is 5.78 Å². The van der Waals surface area contributed by atoms with Crippen LogP contribution < -0.4 is 10.6 Å². The Balaban J connectivity index is 2.35. The lowest BCUT2D eigenvalue weighted by Gasteiger charge is -2.00. The summed E-state index contributed by atoms with van der Waals surface area (Å²) in [6, 6.07) is 0. The Kier molecular flexibility index (Phi) is 1.60. The van der Waals surface area contributed by atoms with Crippen molar-refractivity contribution in [3.63, 3.8) is 0 Å². The molecule has 0 spiro atoms. The molecule has 1 fully saturated rings. The SMILES string of the molecule is CC(=O)[C]1NCCN1. The zero-order chi connectivity index (χ0) is 5.98. The fourth-order valence-electron chi connectivity index (χ4n) is 0.686. The molecule has 0 aromatic heterocycles. The minimum Gasteiger partial charge on any atom is -0.296 e. The third-order valence-corrected chi connectivity index (χ3v) is 1.08. The van der Waals surface area contributed by atoms with E-state index in [1.807, 2.05) is 0 Å². The highest BCUT2D eigenvalue weighted by Crippen LogP contribution is 1.93. The lowest BCUT2D eigenvalue weighted by Crippen LogP contribution is -2.27. The lowest BCUT2D eigenvalue weighted by molar-refractivity contribution is -0.116. The number of Topliss-reactive ketones (excluding diaryl/α,β-unsaturated/α-hetero) is 1. The van der Waals surface area contributed by atoms with E-state index >= 15 is 0 Å². The molecule has 0 saturated carbocycles. The van der Waals surface area contributed by atoms with Gasteiger partial charge in [0.15, 0.2) is 11.9 Å². The molecule has 0 unspecified atom stereocenters. The van der Waals surface area contributed by atoms with Crippen molar-refractivity contribution in [3.05, 3.63) is 6.17 Å². The van der Waals surface area contributed by atoms with Crippen LogP contribution in [0, 0.1) is 6.17 Å². The number of hydrogen-bond acceptors (Lipinski definition) is 3. The summed E-state index contributed by atoms with van der Waals surface area (Å²) in [6.45, 7) is 3.28. The largest absolute Gasteiger partial charge is 0.296 e. The highest BCUT2D eigenvalue weighted by molar-refractivity contribution is 5.88. The molecule has 1 rings (SSSR count). The maximum Gasteiger partial charge on any atom is 0.168 e. The third kappa shape index (κ3) is 1.05. The Hall–Kier alpha value is -0.410. The topological polar surface area (TPSA) is 41.1 Å². The number of ketones is 1. The molecule has 1 aliphatic heterocycles. The first-order valence-corrected chi connectivity index (χ1v) is 2.66. The zero-order valence-corrected chi connectivity index (χ0v) is 4.82. The van der Waals surface area contributed by atoms with Crippen molar-refractivity contribution in [2.75, 3.05) is 13.1 Å². The fourth-order valence-corrected chi connectivity index (χ4v) is 0.686. The Morgan fingerprint density at radius 3 is 2.25 bits per heavy atom. The van der Waals surface area contributed by atoms with Gasteiger partial charge in [-0.05, 0) is 6.92 Å². The molecule has 45 valence electrons. The summed E-state index contributed by atoms with van der Waals surface area (Å²) in [4.78, 5) is 10.5. The summed E-state index contributed by atoms with van der Waals surface area (Å²) in [6.07, 6.45) is 0.657. The molecular weight excluding hydrogens is 104 g/mol. The molecular formula is C5H9N2O. The first-order chi connectivity index (χ1) is 3.80. The van der Waals surface area contributed by atoms with Gasteiger partial charge in [-0.2, -0.15) is 0 Å². The minimum atomic E-state index is 0.0856. The Labute approximate surface area is 48.5 Å². The van der Waals surface area contributed by atoms with Crippen LogP contribution in [0.25, 0.3) is 0 Å². The van der Waals surface area contributed by atoms with Crippen LogP contribution >= 0.6 is 0 Å². The van der Waals surface area contributed by atoms with Crippen molar-refractivity contribution in [1.29, 1.82) is 0 Å². The lowest BCUT2D eigenvalue weighted by atomic mass is 10.4. The van der Waals surface area contributed by atoms with Crippen LogP contribution in [0.2, 0.25) is 0 Å². The average molecular weight is 113 g/mol. The van der Waals surface area contributed by atoms with E-state index in [0.717, 1.165) is 13.1 Å². The van der Waals surface area contributed by atoms with Gasteiger partial charge in [0.05, 0.1) is 0 Å². The Morgan fingerprint density at radius 2 is 2.00 bits per heavy atom. The van der Waals surface area contributed by atoms with Crippen molar-refractivity contribution in [1.82, 2.24) is 10.6 Å². The van der Waals surface area contributed by atoms with Crippen LogP contribution in [0.5, 0.6) is 0 Å². The Morgan fingerprint density at radius 1 is 1.50 bits per heavy atom. The molecule has 1 radical (unpaired) electrons. The van der Waals surface area contributed by atoms with Gasteiger partial charge in [0.1, 0.15) is 0 Å². The van der Waals surface area contributed by atoms with Crippen LogP contribution in [0.3, 0.4) is 0 Å². The summed E-state index contributed by atoms with van der Waals surface area (Å²) < 4.78 is 0. The molecule has 2 N–H and O–H groups in total. The molecule has 0 aromatic carbocycles. The van der Waals surface area contributed by atoms with Gasteiger partial charge < -0.3 is 0 Å². The molecule has 3 nitrogen and oxygen atoms in total. The number of carbonyl (C=O) groups excluding carboxylic acids is 1. The van der Waals surface area contributed by atoms with Crippen LogP contribution in [0.15, 0.2) is 0 Å². The van der Waals surface area contributed by atoms with Crippen molar-refractivity contribution >= 4 is 5.78 Å². The standard InChI is InChI=1S/C5H9N2O/c1-4(8)5-6-2-3-7-5/h6-7H,2-3H2,1H3. The molecule has 1 saturated heterocycles. The number of hydrogen-bond donors (Lipinski definition) is 2. The maximum atomic E-state index is 10.5. The molecule has 0 aromatic rings. The van der Waals surface area contributed by atoms with Crippen molar-refractivity contribution < 1.29 is 4.79 Å². The van der Waals surface area contributed by atoms with Crippen LogP contribution in [0.4, 0.5) is 0 Å². The number of nitrogens with one attached hydrogen (secondary N) is 2. The van der Waals surface area contributed by atoms with Gasteiger partial charge in [0, 0.05) is 13.1 Å². The van der Waals surface area contributed by atoms with Gasteiger partial charge in [0.25, 0.3) is 0 Å². The zero-order valence-electron chi connectivity index (χ0n) is 4.82. The summed E-state index contributed by atoms with van der Waals surface area (Å²) in [7, 11) is 0. The highest BCUT2D eigenvalue weighted by Gasteiger charge is 2.17. The predicted octanol–water partition coefficient (Wildman–Crippen LogP) is -0.742. The molecule has 8 heavy (non-hydrogen) atoms. The normalized spacial score (nSPS) is 21.6. The second-order valence-corrected chi connectivity index (χ2v) is 1.78. The van der Waals surface area contributed by atoms with E-state index in [1.165, 1.54) is 0 Å². The van der Waals surface area contributed by atoms with Crippen LogP contribution in [0.1, 0.15) is 6.92 Å². The summed E-state index contributed by atoms with van der Waals surface area (Å²) in [5.41, 5.74) is 0. The fraction of sp³-hybridized carbons (Fsp3) is 0.600. The molecule has 0 aliphatic carbocycles.